The fraction of sp³-hybridized carbons (Fsp3) is 0.188. The summed E-state index contributed by atoms with van der Waals surface area (Å²) in [5.41, 5.74) is 2.89. The number of amides is 2. The lowest BCUT2D eigenvalue weighted by Gasteiger charge is -2.33. The second-order valence-electron chi connectivity index (χ2n) is 9.60. The number of benzene rings is 4. The van der Waals surface area contributed by atoms with Crippen LogP contribution in [0.1, 0.15) is 16.7 Å². The smallest absolute Gasteiger partial charge is 0.264 e. The molecule has 0 spiro atoms. The topological polar surface area (TPSA) is 86.8 Å². The van der Waals surface area contributed by atoms with Crippen LogP contribution in [0.3, 0.4) is 0 Å². The molecule has 0 saturated carbocycles. The van der Waals surface area contributed by atoms with Crippen LogP contribution in [0.25, 0.3) is 0 Å². The maximum atomic E-state index is 14.2. The molecule has 2 amide bonds. The largest absolute Gasteiger partial charge is 0.357 e. The highest BCUT2D eigenvalue weighted by Gasteiger charge is 2.34. The Morgan fingerprint density at radius 3 is 2.00 bits per heavy atom. The van der Waals surface area contributed by atoms with Gasteiger partial charge in [-0.25, -0.2) is 8.42 Å². The van der Waals surface area contributed by atoms with Gasteiger partial charge in [-0.1, -0.05) is 102 Å². The second kappa shape index (κ2) is 13.5. The summed E-state index contributed by atoms with van der Waals surface area (Å²) in [5.74, 6) is -0.904. The summed E-state index contributed by atoms with van der Waals surface area (Å²) in [6.45, 7) is 1.51. The summed E-state index contributed by atoms with van der Waals surface area (Å²) in [5, 5.41) is 2.86. The van der Waals surface area contributed by atoms with Gasteiger partial charge < -0.3 is 10.2 Å². The first-order chi connectivity index (χ1) is 19.7. The number of para-hydroxylation sites is 1. The molecule has 4 aromatic rings. The van der Waals surface area contributed by atoms with E-state index in [0.29, 0.717) is 0 Å². The average molecular weight is 590 g/mol. The van der Waals surface area contributed by atoms with Gasteiger partial charge in [0.05, 0.1) is 15.6 Å². The Morgan fingerprint density at radius 2 is 1.39 bits per heavy atom. The number of anilines is 1. The van der Waals surface area contributed by atoms with Crippen LogP contribution in [0.4, 0.5) is 5.69 Å². The summed E-state index contributed by atoms with van der Waals surface area (Å²) in [4.78, 5) is 29.0. The van der Waals surface area contributed by atoms with E-state index in [2.05, 4.69) is 5.32 Å². The third-order valence-corrected chi connectivity index (χ3v) is 8.82. The summed E-state index contributed by atoms with van der Waals surface area (Å²) < 4.78 is 28.8. The van der Waals surface area contributed by atoms with E-state index in [1.165, 1.54) is 24.1 Å². The number of hydrogen-bond donors (Lipinski definition) is 1. The lowest BCUT2D eigenvalue weighted by Crippen LogP contribution is -2.53. The van der Waals surface area contributed by atoms with Crippen molar-refractivity contribution >= 4 is 39.1 Å². The minimum absolute atomic E-state index is 0.0185. The van der Waals surface area contributed by atoms with Crippen LogP contribution < -0.4 is 9.62 Å². The van der Waals surface area contributed by atoms with Crippen molar-refractivity contribution in [1.82, 2.24) is 10.2 Å². The van der Waals surface area contributed by atoms with E-state index < -0.39 is 28.5 Å². The Balaban J connectivity index is 1.78. The fourth-order valence-corrected chi connectivity index (χ4v) is 6.24. The number of sulfonamides is 1. The Labute approximate surface area is 246 Å². The quantitative estimate of drug-likeness (QED) is 0.260. The maximum absolute atomic E-state index is 14.2. The second-order valence-corrected chi connectivity index (χ2v) is 11.9. The van der Waals surface area contributed by atoms with Crippen LogP contribution in [-0.2, 0) is 32.6 Å². The molecule has 0 radical (unpaired) electrons. The summed E-state index contributed by atoms with van der Waals surface area (Å²) in [7, 11) is -2.67. The molecule has 41 heavy (non-hydrogen) atoms. The normalized spacial score (nSPS) is 11.9. The standard InChI is InChI=1S/C32H32ClN3O4S/c1-24-17-19-26(20-18-24)22-35(30(32(38)34-2)21-25-11-5-3-6-12-25)31(37)23-36(29-16-10-9-15-28(29)33)41(39,40)27-13-7-4-8-14-27/h3-20,30H,21-23H2,1-2H3,(H,34,38). The van der Waals surface area contributed by atoms with Crippen molar-refractivity contribution in [3.8, 4) is 0 Å². The Kier molecular flexibility index (Phi) is 9.81. The van der Waals surface area contributed by atoms with Crippen LogP contribution >= 0.6 is 11.6 Å². The van der Waals surface area contributed by atoms with E-state index >= 15 is 0 Å². The minimum atomic E-state index is -4.19. The van der Waals surface area contributed by atoms with Crippen LogP contribution in [0.2, 0.25) is 5.02 Å². The van der Waals surface area contributed by atoms with Crippen LogP contribution in [0.5, 0.6) is 0 Å². The zero-order valence-electron chi connectivity index (χ0n) is 22.9. The van der Waals surface area contributed by atoms with Crippen LogP contribution in [0.15, 0.2) is 114 Å². The van der Waals surface area contributed by atoms with E-state index in [-0.39, 0.29) is 34.5 Å². The molecule has 4 rings (SSSR count). The minimum Gasteiger partial charge on any atom is -0.357 e. The highest BCUT2D eigenvalue weighted by Crippen LogP contribution is 2.31. The van der Waals surface area contributed by atoms with Crippen molar-refractivity contribution in [2.75, 3.05) is 17.9 Å². The molecule has 0 heterocycles. The average Bonchev–Trinajstić information content (AvgIpc) is 2.99. The van der Waals surface area contributed by atoms with Crippen molar-refractivity contribution < 1.29 is 18.0 Å². The summed E-state index contributed by atoms with van der Waals surface area (Å²) in [6.07, 6.45) is 0.246. The number of halogens is 1. The monoisotopic (exact) mass is 589 g/mol. The van der Waals surface area contributed by atoms with Gasteiger partial charge in [0, 0.05) is 20.0 Å². The van der Waals surface area contributed by atoms with Crippen LogP contribution in [0, 0.1) is 6.92 Å². The Hall–Kier alpha value is -4.14. The predicted octanol–water partition coefficient (Wildman–Crippen LogP) is 5.23. The first-order valence-corrected chi connectivity index (χ1v) is 15.0. The molecule has 1 unspecified atom stereocenters. The van der Waals surface area contributed by atoms with E-state index in [4.69, 9.17) is 11.6 Å². The molecule has 0 fully saturated rings. The molecular formula is C32H32ClN3O4S. The number of hydrogen-bond acceptors (Lipinski definition) is 4. The molecule has 7 nitrogen and oxygen atoms in total. The van der Waals surface area contributed by atoms with E-state index in [1.54, 1.807) is 42.5 Å². The van der Waals surface area contributed by atoms with Gasteiger partial charge in [-0.15, -0.1) is 0 Å². The molecule has 0 aromatic heterocycles. The van der Waals surface area contributed by atoms with Crippen molar-refractivity contribution in [3.63, 3.8) is 0 Å². The van der Waals surface area contributed by atoms with Gasteiger partial charge in [-0.3, -0.25) is 13.9 Å². The van der Waals surface area contributed by atoms with Crippen molar-refractivity contribution in [2.24, 2.45) is 0 Å². The molecule has 212 valence electrons. The summed E-state index contributed by atoms with van der Waals surface area (Å²) in [6, 6.07) is 30.5. The molecule has 0 saturated heterocycles. The maximum Gasteiger partial charge on any atom is 0.264 e. The molecule has 0 bridgehead atoms. The van der Waals surface area contributed by atoms with E-state index in [0.717, 1.165) is 21.0 Å². The van der Waals surface area contributed by atoms with Crippen molar-refractivity contribution in [1.29, 1.82) is 0 Å². The van der Waals surface area contributed by atoms with Crippen molar-refractivity contribution in [2.45, 2.75) is 30.8 Å². The number of rotatable bonds is 11. The highest BCUT2D eigenvalue weighted by atomic mass is 35.5. The lowest BCUT2D eigenvalue weighted by molar-refractivity contribution is -0.139. The van der Waals surface area contributed by atoms with Gasteiger partial charge in [0.2, 0.25) is 11.8 Å². The van der Waals surface area contributed by atoms with Gasteiger partial charge in [-0.2, -0.15) is 0 Å². The highest BCUT2D eigenvalue weighted by molar-refractivity contribution is 7.92. The number of nitrogens with zero attached hydrogens (tertiary/aromatic N) is 2. The predicted molar refractivity (Wildman–Crippen MR) is 162 cm³/mol. The van der Waals surface area contributed by atoms with E-state index in [9.17, 15) is 18.0 Å². The fourth-order valence-electron chi connectivity index (χ4n) is 4.50. The molecular weight excluding hydrogens is 558 g/mol. The third kappa shape index (κ3) is 7.34. The Bertz CT molecular complexity index is 1580. The number of aryl methyl sites for hydroxylation is 1. The summed E-state index contributed by atoms with van der Waals surface area (Å²) >= 11 is 6.47. The lowest BCUT2D eigenvalue weighted by atomic mass is 10.0. The molecule has 9 heteroatoms. The van der Waals surface area contributed by atoms with E-state index in [1.807, 2.05) is 61.5 Å². The molecule has 4 aromatic carbocycles. The molecule has 1 N–H and O–H groups in total. The van der Waals surface area contributed by atoms with Gasteiger partial charge in [0.1, 0.15) is 12.6 Å². The zero-order valence-corrected chi connectivity index (χ0v) is 24.5. The number of nitrogens with one attached hydrogen (secondary N) is 1. The molecule has 0 aliphatic carbocycles. The van der Waals surface area contributed by atoms with Crippen LogP contribution in [-0.4, -0.2) is 44.8 Å². The van der Waals surface area contributed by atoms with Gasteiger partial charge in [-0.05, 0) is 42.3 Å². The zero-order chi connectivity index (χ0) is 29.4. The number of carbonyl (C=O) groups is 2. The number of carbonyl (C=O) groups excluding carboxylic acids is 2. The van der Waals surface area contributed by atoms with Crippen molar-refractivity contribution in [3.05, 3.63) is 131 Å². The third-order valence-electron chi connectivity index (χ3n) is 6.72. The first-order valence-electron chi connectivity index (χ1n) is 13.1. The Morgan fingerprint density at radius 1 is 0.805 bits per heavy atom. The molecule has 0 aliphatic heterocycles. The van der Waals surface area contributed by atoms with Gasteiger partial charge >= 0.3 is 0 Å². The van der Waals surface area contributed by atoms with Gasteiger partial charge in [0.15, 0.2) is 0 Å². The SMILES string of the molecule is CNC(=O)C(Cc1ccccc1)N(Cc1ccc(C)cc1)C(=O)CN(c1ccccc1Cl)S(=O)(=O)c1ccccc1. The number of likely N-dealkylation sites (N-methyl/N-ethyl adjacent to an activating group) is 1. The molecule has 0 aliphatic rings. The van der Waals surface area contributed by atoms with Gasteiger partial charge in [0.25, 0.3) is 10.0 Å². The molecule has 1 atom stereocenters. The first kappa shape index (κ1) is 29.8.